The Bertz CT molecular complexity index is 863. The SMILES string of the molecule is Nc1ccccc1S(=O)(=O)N(c1ccncn1)c1ncccn1. The van der Waals surface area contributed by atoms with Crippen molar-refractivity contribution >= 4 is 27.5 Å². The summed E-state index contributed by atoms with van der Waals surface area (Å²) in [5.74, 6) is 0.0870. The molecule has 8 nitrogen and oxygen atoms in total. The monoisotopic (exact) mass is 328 g/mol. The van der Waals surface area contributed by atoms with E-state index in [-0.39, 0.29) is 22.3 Å². The Hall–Kier alpha value is -3.07. The van der Waals surface area contributed by atoms with Gasteiger partial charge in [-0.1, -0.05) is 12.1 Å². The van der Waals surface area contributed by atoms with Crippen molar-refractivity contribution < 1.29 is 8.42 Å². The van der Waals surface area contributed by atoms with Crippen LogP contribution in [0.4, 0.5) is 17.5 Å². The Morgan fingerprint density at radius 2 is 1.65 bits per heavy atom. The maximum atomic E-state index is 13.1. The van der Waals surface area contributed by atoms with Gasteiger partial charge in [0.2, 0.25) is 5.95 Å². The average Bonchev–Trinajstić information content (AvgIpc) is 2.57. The van der Waals surface area contributed by atoms with E-state index in [1.807, 2.05) is 0 Å². The van der Waals surface area contributed by atoms with Crippen molar-refractivity contribution in [2.75, 3.05) is 10.0 Å². The maximum Gasteiger partial charge on any atom is 0.274 e. The molecule has 0 bridgehead atoms. The molecule has 2 heterocycles. The van der Waals surface area contributed by atoms with Crippen LogP contribution in [-0.2, 0) is 10.0 Å². The van der Waals surface area contributed by atoms with E-state index in [0.717, 1.165) is 4.31 Å². The quantitative estimate of drug-likeness (QED) is 0.719. The molecule has 23 heavy (non-hydrogen) atoms. The second-order valence-electron chi connectivity index (χ2n) is 4.42. The number of para-hydroxylation sites is 1. The highest BCUT2D eigenvalue weighted by atomic mass is 32.2. The molecular weight excluding hydrogens is 316 g/mol. The summed E-state index contributed by atoms with van der Waals surface area (Å²) in [5, 5.41) is 0. The Morgan fingerprint density at radius 3 is 2.30 bits per heavy atom. The summed E-state index contributed by atoms with van der Waals surface area (Å²) in [6.45, 7) is 0. The number of hydrogen-bond acceptors (Lipinski definition) is 7. The Labute approximate surface area is 132 Å². The molecule has 0 amide bonds. The Morgan fingerprint density at radius 1 is 0.913 bits per heavy atom. The Balaban J connectivity index is 2.22. The van der Waals surface area contributed by atoms with Crippen LogP contribution in [0.1, 0.15) is 0 Å². The minimum Gasteiger partial charge on any atom is -0.398 e. The van der Waals surface area contributed by atoms with Crippen molar-refractivity contribution in [3.8, 4) is 0 Å². The van der Waals surface area contributed by atoms with Gasteiger partial charge in [0.05, 0.1) is 5.69 Å². The first-order valence-electron chi connectivity index (χ1n) is 6.53. The number of nitrogens with two attached hydrogens (primary N) is 1. The van der Waals surface area contributed by atoms with Crippen LogP contribution >= 0.6 is 0 Å². The van der Waals surface area contributed by atoms with Crippen molar-refractivity contribution in [1.29, 1.82) is 0 Å². The molecule has 2 N–H and O–H groups in total. The van der Waals surface area contributed by atoms with Gasteiger partial charge in [-0.2, -0.15) is 4.31 Å². The largest absolute Gasteiger partial charge is 0.398 e. The predicted molar refractivity (Wildman–Crippen MR) is 84.2 cm³/mol. The smallest absolute Gasteiger partial charge is 0.274 e. The standard InChI is InChI=1S/C14H12N6O2S/c15-11-4-1-2-5-12(11)23(21,22)20(13-6-9-16-10-19-13)14-17-7-3-8-18-14/h1-10H,15H2. The lowest BCUT2D eigenvalue weighted by atomic mass is 10.3. The summed E-state index contributed by atoms with van der Waals surface area (Å²) in [6, 6.07) is 9.21. The van der Waals surface area contributed by atoms with E-state index >= 15 is 0 Å². The van der Waals surface area contributed by atoms with E-state index in [4.69, 9.17) is 5.73 Å². The molecule has 116 valence electrons. The van der Waals surface area contributed by atoms with E-state index in [1.165, 1.54) is 43.1 Å². The van der Waals surface area contributed by atoms with E-state index in [2.05, 4.69) is 19.9 Å². The van der Waals surface area contributed by atoms with Crippen molar-refractivity contribution in [1.82, 2.24) is 19.9 Å². The highest BCUT2D eigenvalue weighted by Gasteiger charge is 2.31. The molecule has 0 spiro atoms. The third kappa shape index (κ3) is 2.81. The van der Waals surface area contributed by atoms with Crippen LogP contribution in [-0.4, -0.2) is 28.4 Å². The third-order valence-electron chi connectivity index (χ3n) is 2.95. The highest BCUT2D eigenvalue weighted by molar-refractivity contribution is 7.93. The fraction of sp³-hybridized carbons (Fsp3) is 0. The third-order valence-corrected chi connectivity index (χ3v) is 4.70. The first kappa shape index (κ1) is 14.9. The number of nitrogens with zero attached hydrogens (tertiary/aromatic N) is 5. The molecule has 0 radical (unpaired) electrons. The van der Waals surface area contributed by atoms with Gasteiger partial charge in [-0.25, -0.2) is 28.4 Å². The molecule has 0 aliphatic carbocycles. The predicted octanol–water partition coefficient (Wildman–Crippen LogP) is 1.38. The Kier molecular flexibility index (Phi) is 3.85. The van der Waals surface area contributed by atoms with Crippen molar-refractivity contribution in [2.45, 2.75) is 4.90 Å². The van der Waals surface area contributed by atoms with Gasteiger partial charge in [0.25, 0.3) is 10.0 Å². The topological polar surface area (TPSA) is 115 Å². The number of hydrogen-bond donors (Lipinski definition) is 1. The van der Waals surface area contributed by atoms with Crippen LogP contribution in [0.5, 0.6) is 0 Å². The molecule has 0 fully saturated rings. The minimum atomic E-state index is -4.04. The van der Waals surface area contributed by atoms with E-state index in [1.54, 1.807) is 18.2 Å². The highest BCUT2D eigenvalue weighted by Crippen LogP contribution is 2.30. The molecule has 0 atom stereocenters. The molecular formula is C14H12N6O2S. The van der Waals surface area contributed by atoms with Crippen LogP contribution in [0.2, 0.25) is 0 Å². The number of rotatable bonds is 4. The molecule has 0 aliphatic heterocycles. The van der Waals surface area contributed by atoms with Crippen molar-refractivity contribution in [2.24, 2.45) is 0 Å². The summed E-state index contributed by atoms with van der Waals surface area (Å²) >= 11 is 0. The molecule has 2 aromatic heterocycles. The molecule has 3 rings (SSSR count). The lowest BCUT2D eigenvalue weighted by molar-refractivity contribution is 0.595. The van der Waals surface area contributed by atoms with Crippen LogP contribution in [0.3, 0.4) is 0 Å². The van der Waals surface area contributed by atoms with Gasteiger partial charge in [0.1, 0.15) is 11.2 Å². The van der Waals surface area contributed by atoms with E-state index < -0.39 is 10.0 Å². The summed E-state index contributed by atoms with van der Waals surface area (Å²) in [5.41, 5.74) is 5.95. The van der Waals surface area contributed by atoms with E-state index in [0.29, 0.717) is 0 Å². The summed E-state index contributed by atoms with van der Waals surface area (Å²) in [4.78, 5) is 15.8. The first-order chi connectivity index (χ1) is 11.1. The fourth-order valence-electron chi connectivity index (χ4n) is 1.95. The minimum absolute atomic E-state index is 0.0329. The van der Waals surface area contributed by atoms with Crippen molar-refractivity contribution in [3.05, 3.63) is 61.3 Å². The first-order valence-corrected chi connectivity index (χ1v) is 7.97. The van der Waals surface area contributed by atoms with Gasteiger partial charge in [-0.15, -0.1) is 0 Å². The van der Waals surface area contributed by atoms with Crippen LogP contribution in [0.15, 0.2) is 66.2 Å². The molecule has 1 aromatic carbocycles. The normalized spacial score (nSPS) is 11.1. The fourth-order valence-corrected chi connectivity index (χ4v) is 3.42. The zero-order valence-electron chi connectivity index (χ0n) is 11.8. The lowest BCUT2D eigenvalue weighted by Gasteiger charge is -2.21. The average molecular weight is 328 g/mol. The number of aromatic nitrogens is 4. The van der Waals surface area contributed by atoms with Crippen LogP contribution in [0, 0.1) is 0 Å². The molecule has 9 heteroatoms. The number of sulfonamides is 1. The molecule has 0 saturated carbocycles. The van der Waals surface area contributed by atoms with Gasteiger partial charge in [0, 0.05) is 24.7 Å². The molecule has 0 aliphatic rings. The number of anilines is 3. The second-order valence-corrected chi connectivity index (χ2v) is 6.18. The van der Waals surface area contributed by atoms with E-state index in [9.17, 15) is 8.42 Å². The number of benzene rings is 1. The zero-order chi connectivity index (χ0) is 16.3. The maximum absolute atomic E-state index is 13.1. The molecule has 3 aromatic rings. The van der Waals surface area contributed by atoms with Gasteiger partial charge in [-0.3, -0.25) is 0 Å². The van der Waals surface area contributed by atoms with Gasteiger partial charge in [0.15, 0.2) is 5.82 Å². The van der Waals surface area contributed by atoms with Gasteiger partial charge >= 0.3 is 0 Å². The summed E-state index contributed by atoms with van der Waals surface area (Å²) in [6.07, 6.45) is 5.57. The van der Waals surface area contributed by atoms with Crippen LogP contribution < -0.4 is 10.0 Å². The molecule has 0 unspecified atom stereocenters. The zero-order valence-corrected chi connectivity index (χ0v) is 12.6. The van der Waals surface area contributed by atoms with Crippen LogP contribution in [0.25, 0.3) is 0 Å². The van der Waals surface area contributed by atoms with Gasteiger partial charge in [-0.05, 0) is 18.2 Å². The second kappa shape index (κ2) is 5.97. The van der Waals surface area contributed by atoms with Gasteiger partial charge < -0.3 is 5.73 Å². The summed E-state index contributed by atoms with van der Waals surface area (Å²) in [7, 11) is -4.04. The number of nitrogen functional groups attached to an aromatic ring is 1. The van der Waals surface area contributed by atoms with Crippen molar-refractivity contribution in [3.63, 3.8) is 0 Å². The molecule has 0 saturated heterocycles. The lowest BCUT2D eigenvalue weighted by Crippen LogP contribution is -2.29. The summed E-state index contributed by atoms with van der Waals surface area (Å²) < 4.78 is 27.1.